The molecule has 0 unspecified atom stereocenters. The van der Waals surface area contributed by atoms with Crippen molar-refractivity contribution in [3.8, 4) is 0 Å². The summed E-state index contributed by atoms with van der Waals surface area (Å²) in [5, 5.41) is 6.26. The molecule has 1 aromatic carbocycles. The lowest BCUT2D eigenvalue weighted by molar-refractivity contribution is 0.0952. The maximum atomic E-state index is 12.3. The molecular formula is C22H31N3OS2. The number of carbonyl (C=O) groups excluding carboxylic acids is 1. The molecule has 2 aromatic rings. The van der Waals surface area contributed by atoms with Crippen LogP contribution in [0.25, 0.3) is 0 Å². The van der Waals surface area contributed by atoms with E-state index in [-0.39, 0.29) is 5.91 Å². The number of hydrogen-bond acceptors (Lipinski definition) is 5. The van der Waals surface area contributed by atoms with Gasteiger partial charge < -0.3 is 10.2 Å². The number of rotatable bonds is 9. The number of benzene rings is 1. The molecule has 0 bridgehead atoms. The van der Waals surface area contributed by atoms with Crippen LogP contribution in [0, 0.1) is 12.8 Å². The van der Waals surface area contributed by atoms with Crippen molar-refractivity contribution in [2.24, 2.45) is 5.92 Å². The van der Waals surface area contributed by atoms with Gasteiger partial charge in [0.1, 0.15) is 0 Å². The van der Waals surface area contributed by atoms with Crippen LogP contribution in [0.5, 0.6) is 0 Å². The lowest BCUT2D eigenvalue weighted by Crippen LogP contribution is -2.34. The first-order chi connectivity index (χ1) is 13.6. The lowest BCUT2D eigenvalue weighted by Gasteiger charge is -2.30. The monoisotopic (exact) mass is 417 g/mol. The molecule has 1 aliphatic rings. The summed E-state index contributed by atoms with van der Waals surface area (Å²) in [5.74, 6) is 1.78. The van der Waals surface area contributed by atoms with E-state index in [2.05, 4.69) is 27.5 Å². The number of nitrogens with one attached hydrogen (secondary N) is 1. The van der Waals surface area contributed by atoms with Crippen molar-refractivity contribution >= 4 is 29.0 Å². The second-order valence-electron chi connectivity index (χ2n) is 7.66. The summed E-state index contributed by atoms with van der Waals surface area (Å²) in [7, 11) is 0. The highest BCUT2D eigenvalue weighted by Crippen LogP contribution is 2.24. The Labute approximate surface area is 177 Å². The Morgan fingerprint density at radius 3 is 2.68 bits per heavy atom. The third-order valence-corrected chi connectivity index (χ3v) is 7.10. The highest BCUT2D eigenvalue weighted by Gasteiger charge is 2.14. The number of aromatic nitrogens is 1. The lowest BCUT2D eigenvalue weighted by atomic mass is 9.99. The van der Waals surface area contributed by atoms with E-state index in [1.165, 1.54) is 25.9 Å². The van der Waals surface area contributed by atoms with Gasteiger partial charge in [0.05, 0.1) is 10.7 Å². The largest absolute Gasteiger partial charge is 0.352 e. The summed E-state index contributed by atoms with van der Waals surface area (Å²) in [6.07, 6.45) is 4.85. The quantitative estimate of drug-likeness (QED) is 0.461. The zero-order valence-corrected chi connectivity index (χ0v) is 18.6. The van der Waals surface area contributed by atoms with Gasteiger partial charge in [-0.2, -0.15) is 0 Å². The zero-order valence-electron chi connectivity index (χ0n) is 16.9. The molecule has 1 N–H and O–H groups in total. The van der Waals surface area contributed by atoms with Crippen LogP contribution in [0.4, 0.5) is 0 Å². The van der Waals surface area contributed by atoms with Crippen molar-refractivity contribution in [2.75, 3.05) is 26.2 Å². The normalized spacial score (nSPS) is 15.6. The van der Waals surface area contributed by atoms with Crippen LogP contribution in [-0.4, -0.2) is 42.0 Å². The van der Waals surface area contributed by atoms with Gasteiger partial charge in [0.15, 0.2) is 0 Å². The Hall–Kier alpha value is -1.37. The summed E-state index contributed by atoms with van der Waals surface area (Å²) in [6, 6.07) is 7.88. The summed E-state index contributed by atoms with van der Waals surface area (Å²) < 4.78 is 0. The van der Waals surface area contributed by atoms with E-state index >= 15 is 0 Å². The van der Waals surface area contributed by atoms with Crippen molar-refractivity contribution in [3.63, 3.8) is 0 Å². The average Bonchev–Trinajstić information content (AvgIpc) is 3.13. The molecule has 1 aromatic heterocycles. The maximum Gasteiger partial charge on any atom is 0.251 e. The number of nitrogens with zero attached hydrogens (tertiary/aromatic N) is 2. The molecule has 28 heavy (non-hydrogen) atoms. The average molecular weight is 418 g/mol. The highest BCUT2D eigenvalue weighted by atomic mass is 32.2. The molecule has 3 rings (SSSR count). The van der Waals surface area contributed by atoms with Crippen LogP contribution in [0.1, 0.15) is 53.7 Å². The van der Waals surface area contributed by atoms with Crippen molar-refractivity contribution in [2.45, 2.75) is 50.2 Å². The van der Waals surface area contributed by atoms with Crippen LogP contribution in [0.2, 0.25) is 0 Å². The first kappa shape index (κ1) is 21.3. The maximum absolute atomic E-state index is 12.3. The van der Waals surface area contributed by atoms with Gasteiger partial charge in [0, 0.05) is 28.1 Å². The number of unbranched alkanes of at least 4 members (excludes halogenated alkanes) is 1. The van der Waals surface area contributed by atoms with Crippen molar-refractivity contribution in [3.05, 3.63) is 45.9 Å². The number of carbonyl (C=O) groups is 1. The van der Waals surface area contributed by atoms with Crippen molar-refractivity contribution < 1.29 is 4.79 Å². The van der Waals surface area contributed by atoms with Gasteiger partial charge in [0.25, 0.3) is 5.91 Å². The van der Waals surface area contributed by atoms with E-state index in [9.17, 15) is 4.79 Å². The molecule has 6 heteroatoms. The SMILES string of the molecule is Cc1nc(CSc2ccc(C(=O)NCCCCN3CCC(C)CC3)cc2)cs1. The third-order valence-electron chi connectivity index (χ3n) is 5.23. The standard InChI is InChI=1S/C22H31N3OS2/c1-17-9-13-25(14-10-17)12-4-3-11-23-22(26)19-5-7-21(8-6-19)28-16-20-15-27-18(2)24-20/h5-8,15,17H,3-4,9-14,16H2,1-2H3,(H,23,26). The molecule has 1 saturated heterocycles. The van der Waals surface area contributed by atoms with Crippen molar-refractivity contribution in [1.29, 1.82) is 0 Å². The molecule has 4 nitrogen and oxygen atoms in total. The number of hydrogen-bond donors (Lipinski definition) is 1. The van der Waals surface area contributed by atoms with Gasteiger partial charge in [-0.15, -0.1) is 23.1 Å². The molecule has 0 atom stereocenters. The number of aryl methyl sites for hydroxylation is 1. The van der Waals surface area contributed by atoms with Gasteiger partial charge in [-0.3, -0.25) is 4.79 Å². The van der Waals surface area contributed by atoms with Crippen molar-refractivity contribution in [1.82, 2.24) is 15.2 Å². The molecular weight excluding hydrogens is 386 g/mol. The van der Waals surface area contributed by atoms with E-state index in [4.69, 9.17) is 0 Å². The molecule has 1 amide bonds. The Balaban J connectivity index is 1.31. The molecule has 152 valence electrons. The van der Waals surface area contributed by atoms with Crippen LogP contribution in [0.15, 0.2) is 34.5 Å². The Morgan fingerprint density at radius 2 is 2.00 bits per heavy atom. The molecule has 0 radical (unpaired) electrons. The molecule has 1 aliphatic heterocycles. The Bertz CT molecular complexity index is 736. The van der Waals surface area contributed by atoms with Crippen LogP contribution < -0.4 is 5.32 Å². The first-order valence-corrected chi connectivity index (χ1v) is 12.1. The molecule has 0 saturated carbocycles. The number of piperidine rings is 1. The minimum absolute atomic E-state index is 0.0264. The smallest absolute Gasteiger partial charge is 0.251 e. The molecule has 1 fully saturated rings. The van der Waals surface area contributed by atoms with Gasteiger partial charge in [-0.25, -0.2) is 4.98 Å². The van der Waals surface area contributed by atoms with E-state index in [1.54, 1.807) is 23.1 Å². The summed E-state index contributed by atoms with van der Waals surface area (Å²) in [4.78, 5) is 20.5. The number of likely N-dealkylation sites (tertiary alicyclic amines) is 1. The van der Waals surface area contributed by atoms with E-state index < -0.39 is 0 Å². The highest BCUT2D eigenvalue weighted by molar-refractivity contribution is 7.98. The van der Waals surface area contributed by atoms with Gasteiger partial charge in [-0.1, -0.05) is 6.92 Å². The van der Waals surface area contributed by atoms with Gasteiger partial charge >= 0.3 is 0 Å². The fourth-order valence-corrected chi connectivity index (χ4v) is 4.89. The van der Waals surface area contributed by atoms with Crippen LogP contribution in [-0.2, 0) is 5.75 Å². The number of amides is 1. The third kappa shape index (κ3) is 6.90. The fourth-order valence-electron chi connectivity index (χ4n) is 3.38. The second kappa shape index (κ2) is 11.0. The topological polar surface area (TPSA) is 45.2 Å². The van der Waals surface area contributed by atoms with E-state index in [0.717, 1.165) is 58.8 Å². The van der Waals surface area contributed by atoms with Gasteiger partial charge in [0.2, 0.25) is 0 Å². The number of thioether (sulfide) groups is 1. The summed E-state index contributed by atoms with van der Waals surface area (Å²) in [5.41, 5.74) is 1.85. The minimum atomic E-state index is 0.0264. The van der Waals surface area contributed by atoms with Crippen LogP contribution >= 0.6 is 23.1 Å². The van der Waals surface area contributed by atoms with Gasteiger partial charge in [-0.05, 0) is 82.4 Å². The van der Waals surface area contributed by atoms with E-state index in [0.29, 0.717) is 0 Å². The second-order valence-corrected chi connectivity index (χ2v) is 9.77. The van der Waals surface area contributed by atoms with E-state index in [1.807, 2.05) is 31.2 Å². The molecule has 0 aliphatic carbocycles. The fraction of sp³-hybridized carbons (Fsp3) is 0.545. The Kier molecular flexibility index (Phi) is 8.37. The molecule has 2 heterocycles. The van der Waals surface area contributed by atoms with Crippen LogP contribution in [0.3, 0.4) is 0 Å². The number of thiazole rings is 1. The summed E-state index contributed by atoms with van der Waals surface area (Å²) in [6.45, 7) is 8.76. The molecule has 0 spiro atoms. The first-order valence-electron chi connectivity index (χ1n) is 10.2. The zero-order chi connectivity index (χ0) is 19.8. The summed E-state index contributed by atoms with van der Waals surface area (Å²) >= 11 is 3.44. The minimum Gasteiger partial charge on any atom is -0.352 e. The predicted molar refractivity (Wildman–Crippen MR) is 119 cm³/mol. The Morgan fingerprint density at radius 1 is 1.25 bits per heavy atom. The predicted octanol–water partition coefficient (Wildman–Crippen LogP) is 4.99.